The number of amides is 1. The van der Waals surface area contributed by atoms with Crippen LogP contribution in [0.15, 0.2) is 41.2 Å². The number of carbonyl (C=O) groups is 2. The van der Waals surface area contributed by atoms with Crippen LogP contribution in [-0.2, 0) is 29.5 Å². The number of benzene rings is 2. The molecule has 1 unspecified atom stereocenters. The first-order chi connectivity index (χ1) is 17.4. The number of rotatable bonds is 6. The first kappa shape index (κ1) is 25.4. The van der Waals surface area contributed by atoms with Crippen molar-refractivity contribution in [3.63, 3.8) is 0 Å². The van der Waals surface area contributed by atoms with Crippen molar-refractivity contribution in [2.75, 3.05) is 13.2 Å². The average molecular weight is 508 g/mol. The Morgan fingerprint density at radius 2 is 2.03 bits per heavy atom. The van der Waals surface area contributed by atoms with E-state index >= 15 is 0 Å². The first-order valence-electron chi connectivity index (χ1n) is 11.7. The molecule has 186 valence electrons. The maximum atomic E-state index is 13.4. The van der Waals surface area contributed by atoms with Crippen molar-refractivity contribution in [2.24, 2.45) is 13.0 Å². The number of ether oxygens (including phenoxy) is 1. The molecule has 1 amide bonds. The van der Waals surface area contributed by atoms with Crippen LogP contribution in [0.25, 0.3) is 10.9 Å². The summed E-state index contributed by atoms with van der Waals surface area (Å²) < 4.78 is 6.53. The zero-order chi connectivity index (χ0) is 25.7. The van der Waals surface area contributed by atoms with Crippen LogP contribution in [0, 0.1) is 17.8 Å². The number of nitrogens with one attached hydrogen (secondary N) is 1. The number of aliphatic hydroxyl groups excluding tert-OH is 1. The smallest absolute Gasteiger partial charge is 0.306 e. The fourth-order valence-corrected chi connectivity index (χ4v) is 4.40. The topological polar surface area (TPSA) is 111 Å². The van der Waals surface area contributed by atoms with Crippen molar-refractivity contribution in [3.05, 3.63) is 74.0 Å². The zero-order valence-electron chi connectivity index (χ0n) is 19.8. The van der Waals surface area contributed by atoms with Gasteiger partial charge in [-0.2, -0.15) is 5.10 Å². The lowest BCUT2D eigenvalue weighted by Crippen LogP contribution is -2.31. The Labute approximate surface area is 213 Å². The predicted octanol–water partition coefficient (Wildman–Crippen LogP) is 2.75. The molecule has 9 heteroatoms. The number of esters is 1. The lowest BCUT2D eigenvalue weighted by Gasteiger charge is -2.21. The number of cyclic esters (lactones) is 1. The van der Waals surface area contributed by atoms with Crippen molar-refractivity contribution in [2.45, 2.75) is 32.2 Å². The third kappa shape index (κ3) is 5.93. The van der Waals surface area contributed by atoms with Gasteiger partial charge < -0.3 is 15.2 Å². The molecular weight excluding hydrogens is 482 g/mol. The molecule has 1 aliphatic heterocycles. The van der Waals surface area contributed by atoms with Crippen molar-refractivity contribution in [1.82, 2.24) is 15.1 Å². The highest BCUT2D eigenvalue weighted by Crippen LogP contribution is 2.25. The molecule has 36 heavy (non-hydrogen) atoms. The molecule has 1 aromatic heterocycles. The van der Waals surface area contributed by atoms with Gasteiger partial charge in [-0.1, -0.05) is 35.6 Å². The number of carbonyl (C=O) groups excluding carboxylic acids is 2. The molecule has 2 N–H and O–H groups in total. The number of aliphatic hydroxyl groups is 1. The van der Waals surface area contributed by atoms with Gasteiger partial charge in [0.05, 0.1) is 29.7 Å². The summed E-state index contributed by atoms with van der Waals surface area (Å²) in [6, 6.07) is 10.7. The summed E-state index contributed by atoms with van der Waals surface area (Å²) in [5.41, 5.74) is 2.05. The average Bonchev–Trinajstić information content (AvgIpc) is 2.85. The number of aryl methyl sites for hydroxylation is 1. The SMILES string of the molecule is Cn1nc(C(=O)NCc2ccc(Cl)cc2)c(=O)c2cc(CC3CCOC(=O)C3)cc(C#CCCO)c21. The van der Waals surface area contributed by atoms with Gasteiger partial charge >= 0.3 is 5.97 Å². The summed E-state index contributed by atoms with van der Waals surface area (Å²) >= 11 is 5.91. The van der Waals surface area contributed by atoms with E-state index in [2.05, 4.69) is 22.3 Å². The number of aromatic nitrogens is 2. The highest BCUT2D eigenvalue weighted by Gasteiger charge is 2.23. The minimum Gasteiger partial charge on any atom is -0.466 e. The fourth-order valence-electron chi connectivity index (χ4n) is 4.28. The Hall–Kier alpha value is -3.67. The fraction of sp³-hybridized carbons (Fsp3) is 0.333. The largest absolute Gasteiger partial charge is 0.466 e. The molecule has 2 aromatic carbocycles. The highest BCUT2D eigenvalue weighted by molar-refractivity contribution is 6.30. The second-order valence-electron chi connectivity index (χ2n) is 8.71. The Morgan fingerprint density at radius 1 is 1.25 bits per heavy atom. The van der Waals surface area contributed by atoms with E-state index in [-0.39, 0.29) is 37.2 Å². The third-order valence-electron chi connectivity index (χ3n) is 6.01. The summed E-state index contributed by atoms with van der Waals surface area (Å²) in [5.74, 6) is 5.21. The van der Waals surface area contributed by atoms with Crippen LogP contribution >= 0.6 is 11.6 Å². The van der Waals surface area contributed by atoms with Gasteiger partial charge in [-0.25, -0.2) is 0 Å². The first-order valence-corrected chi connectivity index (χ1v) is 12.1. The molecule has 1 fully saturated rings. The molecule has 0 bridgehead atoms. The van der Waals surface area contributed by atoms with Crippen molar-refractivity contribution < 1.29 is 19.4 Å². The molecule has 0 aliphatic carbocycles. The van der Waals surface area contributed by atoms with Crippen LogP contribution in [0.1, 0.15) is 46.4 Å². The molecule has 0 saturated carbocycles. The standard InChI is InChI=1S/C27H26ClN3O5/c1-31-25-20(4-2-3-10-32)13-19(12-18-9-11-36-23(33)15-18)14-22(25)26(34)24(30-31)27(35)29-16-17-5-7-21(28)8-6-17/h5-8,13-14,18,32H,3,9-12,15-16H2,1H3,(H,29,35). The van der Waals surface area contributed by atoms with Crippen LogP contribution in [0.5, 0.6) is 0 Å². The van der Waals surface area contributed by atoms with Crippen LogP contribution in [0.2, 0.25) is 5.02 Å². The van der Waals surface area contributed by atoms with Gasteiger partial charge in [-0.05, 0) is 54.2 Å². The molecular formula is C27H26ClN3O5. The number of hydrogen-bond donors (Lipinski definition) is 2. The van der Waals surface area contributed by atoms with E-state index in [0.29, 0.717) is 40.9 Å². The maximum Gasteiger partial charge on any atom is 0.306 e. The minimum absolute atomic E-state index is 0.0794. The summed E-state index contributed by atoms with van der Waals surface area (Å²) in [5, 5.41) is 17.1. The Morgan fingerprint density at radius 3 is 2.75 bits per heavy atom. The number of halogens is 1. The Balaban J connectivity index is 1.71. The molecule has 0 radical (unpaired) electrons. The van der Waals surface area contributed by atoms with Crippen LogP contribution < -0.4 is 10.7 Å². The third-order valence-corrected chi connectivity index (χ3v) is 6.27. The maximum absolute atomic E-state index is 13.4. The van der Waals surface area contributed by atoms with Crippen molar-refractivity contribution >= 4 is 34.4 Å². The predicted molar refractivity (Wildman–Crippen MR) is 136 cm³/mol. The zero-order valence-corrected chi connectivity index (χ0v) is 20.6. The van der Waals surface area contributed by atoms with Crippen molar-refractivity contribution in [3.8, 4) is 11.8 Å². The lowest BCUT2D eigenvalue weighted by molar-refractivity contribution is -0.149. The van der Waals surface area contributed by atoms with E-state index in [1.165, 1.54) is 4.68 Å². The van der Waals surface area contributed by atoms with Crippen molar-refractivity contribution in [1.29, 1.82) is 0 Å². The molecule has 1 saturated heterocycles. The van der Waals surface area contributed by atoms with Gasteiger partial charge in [-0.15, -0.1) is 0 Å². The minimum atomic E-state index is -0.583. The lowest BCUT2D eigenvalue weighted by atomic mass is 9.90. The van der Waals surface area contributed by atoms with E-state index in [0.717, 1.165) is 17.5 Å². The van der Waals surface area contributed by atoms with Gasteiger partial charge in [0, 0.05) is 31.5 Å². The molecule has 1 atom stereocenters. The van der Waals surface area contributed by atoms with Gasteiger partial charge in [-0.3, -0.25) is 19.1 Å². The summed E-state index contributed by atoms with van der Waals surface area (Å²) in [4.78, 5) is 38.1. The van der Waals surface area contributed by atoms with E-state index < -0.39 is 11.3 Å². The second kappa shape index (κ2) is 11.4. The molecule has 0 spiro atoms. The van der Waals surface area contributed by atoms with E-state index in [1.807, 2.05) is 6.07 Å². The van der Waals surface area contributed by atoms with E-state index in [1.54, 1.807) is 37.4 Å². The van der Waals surface area contributed by atoms with Gasteiger partial charge in [0.1, 0.15) is 0 Å². The number of fused-ring (bicyclic) bond motifs is 1. The van der Waals surface area contributed by atoms with Gasteiger partial charge in [0.15, 0.2) is 5.69 Å². The number of nitrogens with zero attached hydrogens (tertiary/aromatic N) is 2. The summed E-state index contributed by atoms with van der Waals surface area (Å²) in [6.45, 7) is 0.516. The van der Waals surface area contributed by atoms with E-state index in [9.17, 15) is 14.4 Å². The monoisotopic (exact) mass is 507 g/mol. The molecule has 8 nitrogen and oxygen atoms in total. The Kier molecular flexibility index (Phi) is 8.04. The van der Waals surface area contributed by atoms with E-state index in [4.69, 9.17) is 21.4 Å². The molecule has 1 aliphatic rings. The normalized spacial score (nSPS) is 15.2. The summed E-state index contributed by atoms with van der Waals surface area (Å²) in [7, 11) is 1.66. The molecule has 2 heterocycles. The summed E-state index contributed by atoms with van der Waals surface area (Å²) in [6.07, 6.45) is 1.91. The van der Waals surface area contributed by atoms with Crippen LogP contribution in [-0.4, -0.2) is 40.0 Å². The number of hydrogen-bond acceptors (Lipinski definition) is 6. The highest BCUT2D eigenvalue weighted by atomic mass is 35.5. The molecule has 4 rings (SSSR count). The molecule has 3 aromatic rings. The Bertz CT molecular complexity index is 1420. The quantitative estimate of drug-likeness (QED) is 0.392. The van der Waals surface area contributed by atoms with Crippen LogP contribution in [0.4, 0.5) is 0 Å². The van der Waals surface area contributed by atoms with Crippen LogP contribution in [0.3, 0.4) is 0 Å². The second-order valence-corrected chi connectivity index (χ2v) is 9.15. The van der Waals surface area contributed by atoms with Gasteiger partial charge in [0.25, 0.3) is 5.91 Å². The van der Waals surface area contributed by atoms with Gasteiger partial charge in [0.2, 0.25) is 5.43 Å².